The zero-order chi connectivity index (χ0) is 14.1. The van der Waals surface area contributed by atoms with Crippen LogP contribution in [0.25, 0.3) is 0 Å². The molecule has 0 aliphatic carbocycles. The smallest absolute Gasteiger partial charge is 0.331 e. The number of allylic oxidation sites excluding steroid dienone is 1. The number of carbonyl (C=O) groups is 2. The van der Waals surface area contributed by atoms with Crippen LogP contribution in [0.1, 0.15) is 19.8 Å². The van der Waals surface area contributed by atoms with Gasteiger partial charge in [0.25, 0.3) is 0 Å². The zero-order valence-electron chi connectivity index (χ0n) is 10.8. The molecule has 0 aromatic heterocycles. The number of rotatable bonds is 8. The number of esters is 1. The Hall–Kier alpha value is -1.40. The monoisotopic (exact) mass is 259 g/mol. The first-order valence-electron chi connectivity index (χ1n) is 5.76. The number of ether oxygens (including phenoxy) is 1. The van der Waals surface area contributed by atoms with Crippen LogP contribution in [-0.2, 0) is 14.3 Å². The van der Waals surface area contributed by atoms with Gasteiger partial charge in [-0.3, -0.25) is 4.79 Å². The lowest BCUT2D eigenvalue weighted by atomic mass is 10.2. The molecular formula is C12H21NO5. The first-order valence-corrected chi connectivity index (χ1v) is 5.76. The number of aliphatic hydroxyl groups is 2. The van der Waals surface area contributed by atoms with Crippen molar-refractivity contribution in [2.24, 2.45) is 0 Å². The van der Waals surface area contributed by atoms with E-state index in [-0.39, 0.29) is 18.9 Å². The maximum absolute atomic E-state index is 11.7. The van der Waals surface area contributed by atoms with Gasteiger partial charge >= 0.3 is 5.97 Å². The fraction of sp³-hybridized carbons (Fsp3) is 0.667. The first kappa shape index (κ1) is 16.6. The predicted octanol–water partition coefficient (Wildman–Crippen LogP) is -0.304. The summed E-state index contributed by atoms with van der Waals surface area (Å²) in [5.41, 5.74) is 0. The Morgan fingerprint density at radius 2 is 2.11 bits per heavy atom. The Bertz CT molecular complexity index is 290. The standard InChI is InChI=1S/C12H21NO5/c1-4-5-6-11(16)13(3)10(7-14)12(17)18-8-9(2)15/h4,9-10,14-15H,1,5-8H2,2-3H3/t9-,10+/m1/s1. The van der Waals surface area contributed by atoms with Crippen LogP contribution >= 0.6 is 0 Å². The van der Waals surface area contributed by atoms with Crippen LogP contribution in [0.3, 0.4) is 0 Å². The van der Waals surface area contributed by atoms with E-state index in [0.717, 1.165) is 4.90 Å². The average Bonchev–Trinajstić information content (AvgIpc) is 2.33. The third-order valence-corrected chi connectivity index (χ3v) is 2.34. The number of carbonyl (C=O) groups excluding carboxylic acids is 2. The van der Waals surface area contributed by atoms with Gasteiger partial charge in [0.1, 0.15) is 6.61 Å². The van der Waals surface area contributed by atoms with E-state index in [1.807, 2.05) is 0 Å². The minimum Gasteiger partial charge on any atom is -0.461 e. The summed E-state index contributed by atoms with van der Waals surface area (Å²) in [5, 5.41) is 18.1. The number of likely N-dealkylation sites (N-methyl/N-ethyl adjacent to an activating group) is 1. The van der Waals surface area contributed by atoms with Crippen molar-refractivity contribution >= 4 is 11.9 Å². The molecule has 0 aromatic carbocycles. The molecule has 18 heavy (non-hydrogen) atoms. The lowest BCUT2D eigenvalue weighted by molar-refractivity contribution is -0.158. The van der Waals surface area contributed by atoms with Gasteiger partial charge in [0.2, 0.25) is 5.91 Å². The summed E-state index contributed by atoms with van der Waals surface area (Å²) in [6, 6.07) is -1.04. The first-order chi connectivity index (χ1) is 8.43. The van der Waals surface area contributed by atoms with E-state index >= 15 is 0 Å². The second-order valence-electron chi connectivity index (χ2n) is 4.01. The SMILES string of the molecule is C=CCCC(=O)N(C)[C@@H](CO)C(=O)OC[C@@H](C)O. The highest BCUT2D eigenvalue weighted by Crippen LogP contribution is 2.04. The quantitative estimate of drug-likeness (QED) is 0.461. The van der Waals surface area contributed by atoms with Crippen molar-refractivity contribution in [2.75, 3.05) is 20.3 Å². The lowest BCUT2D eigenvalue weighted by Crippen LogP contribution is -2.46. The average molecular weight is 259 g/mol. The van der Waals surface area contributed by atoms with Gasteiger partial charge in [0.15, 0.2) is 6.04 Å². The van der Waals surface area contributed by atoms with Gasteiger partial charge in [-0.05, 0) is 13.3 Å². The van der Waals surface area contributed by atoms with E-state index in [0.29, 0.717) is 6.42 Å². The topological polar surface area (TPSA) is 87.1 Å². The summed E-state index contributed by atoms with van der Waals surface area (Å²) >= 11 is 0. The van der Waals surface area contributed by atoms with Crippen LogP contribution in [0.5, 0.6) is 0 Å². The molecule has 0 heterocycles. The summed E-state index contributed by atoms with van der Waals surface area (Å²) < 4.78 is 4.77. The predicted molar refractivity (Wildman–Crippen MR) is 65.7 cm³/mol. The van der Waals surface area contributed by atoms with Crippen LogP contribution in [0.4, 0.5) is 0 Å². The number of hydrogen-bond donors (Lipinski definition) is 2. The number of amides is 1. The number of aliphatic hydroxyl groups excluding tert-OH is 2. The van der Waals surface area contributed by atoms with Gasteiger partial charge < -0.3 is 19.8 Å². The number of hydrogen-bond acceptors (Lipinski definition) is 5. The van der Waals surface area contributed by atoms with E-state index < -0.39 is 24.7 Å². The van der Waals surface area contributed by atoms with Crippen molar-refractivity contribution in [1.29, 1.82) is 0 Å². The fourth-order valence-electron chi connectivity index (χ4n) is 1.23. The van der Waals surface area contributed by atoms with Crippen LogP contribution in [0.15, 0.2) is 12.7 Å². The Morgan fingerprint density at radius 3 is 2.56 bits per heavy atom. The molecule has 0 spiro atoms. The van der Waals surface area contributed by atoms with Crippen molar-refractivity contribution in [1.82, 2.24) is 4.90 Å². The molecule has 0 radical (unpaired) electrons. The van der Waals surface area contributed by atoms with Crippen LogP contribution in [-0.4, -0.2) is 59.4 Å². The Labute approximate surface area is 107 Å². The van der Waals surface area contributed by atoms with Gasteiger partial charge in [0, 0.05) is 13.5 Å². The molecule has 0 aromatic rings. The van der Waals surface area contributed by atoms with Gasteiger partial charge in [-0.25, -0.2) is 4.79 Å². The normalized spacial score (nSPS) is 13.6. The molecule has 6 nitrogen and oxygen atoms in total. The van der Waals surface area contributed by atoms with E-state index in [4.69, 9.17) is 14.9 Å². The summed E-state index contributed by atoms with van der Waals surface area (Å²) in [5.74, 6) is -1.00. The van der Waals surface area contributed by atoms with Crippen molar-refractivity contribution in [2.45, 2.75) is 31.9 Å². The van der Waals surface area contributed by atoms with Gasteiger partial charge in [0.05, 0.1) is 12.7 Å². The fourth-order valence-corrected chi connectivity index (χ4v) is 1.23. The van der Waals surface area contributed by atoms with Crippen molar-refractivity contribution in [3.8, 4) is 0 Å². The third-order valence-electron chi connectivity index (χ3n) is 2.34. The Kier molecular flexibility index (Phi) is 7.98. The van der Waals surface area contributed by atoms with Gasteiger partial charge in [-0.15, -0.1) is 6.58 Å². The highest BCUT2D eigenvalue weighted by molar-refractivity contribution is 5.84. The maximum Gasteiger partial charge on any atom is 0.331 e. The molecule has 1 amide bonds. The molecule has 0 saturated carbocycles. The Morgan fingerprint density at radius 1 is 1.50 bits per heavy atom. The summed E-state index contributed by atoms with van der Waals surface area (Å²) in [6.07, 6.45) is 1.55. The van der Waals surface area contributed by atoms with Gasteiger partial charge in [-0.2, -0.15) is 0 Å². The number of nitrogens with zero attached hydrogens (tertiary/aromatic N) is 1. The summed E-state index contributed by atoms with van der Waals surface area (Å²) in [7, 11) is 1.43. The molecule has 2 atom stereocenters. The van der Waals surface area contributed by atoms with E-state index in [1.54, 1.807) is 6.08 Å². The van der Waals surface area contributed by atoms with Crippen molar-refractivity contribution in [3.05, 3.63) is 12.7 Å². The highest BCUT2D eigenvalue weighted by atomic mass is 16.5. The zero-order valence-corrected chi connectivity index (χ0v) is 10.8. The van der Waals surface area contributed by atoms with Crippen LogP contribution in [0.2, 0.25) is 0 Å². The highest BCUT2D eigenvalue weighted by Gasteiger charge is 2.27. The molecular weight excluding hydrogens is 238 g/mol. The van der Waals surface area contributed by atoms with E-state index in [1.165, 1.54) is 14.0 Å². The second-order valence-corrected chi connectivity index (χ2v) is 4.01. The molecule has 104 valence electrons. The molecule has 0 saturated heterocycles. The molecule has 0 aliphatic heterocycles. The molecule has 6 heteroatoms. The Balaban J connectivity index is 4.41. The van der Waals surface area contributed by atoms with Crippen molar-refractivity contribution in [3.63, 3.8) is 0 Å². The molecule has 0 bridgehead atoms. The van der Waals surface area contributed by atoms with Gasteiger partial charge in [-0.1, -0.05) is 6.08 Å². The van der Waals surface area contributed by atoms with E-state index in [9.17, 15) is 9.59 Å². The summed E-state index contributed by atoms with van der Waals surface area (Å²) in [6.45, 7) is 4.29. The lowest BCUT2D eigenvalue weighted by Gasteiger charge is -2.25. The van der Waals surface area contributed by atoms with Crippen LogP contribution in [0, 0.1) is 0 Å². The maximum atomic E-state index is 11.7. The molecule has 0 unspecified atom stereocenters. The molecule has 0 rings (SSSR count). The molecule has 0 aliphatic rings. The van der Waals surface area contributed by atoms with Crippen LogP contribution < -0.4 is 0 Å². The minimum atomic E-state index is -1.04. The second kappa shape index (κ2) is 8.66. The van der Waals surface area contributed by atoms with E-state index in [2.05, 4.69) is 6.58 Å². The minimum absolute atomic E-state index is 0.163. The summed E-state index contributed by atoms with van der Waals surface area (Å²) in [4.78, 5) is 24.4. The molecule has 0 fully saturated rings. The largest absolute Gasteiger partial charge is 0.461 e. The molecule has 2 N–H and O–H groups in total. The van der Waals surface area contributed by atoms with Crippen molar-refractivity contribution < 1.29 is 24.5 Å². The third kappa shape index (κ3) is 5.79.